The zero-order chi connectivity index (χ0) is 15.1. The van der Waals surface area contributed by atoms with Crippen LogP contribution >= 0.6 is 0 Å². The van der Waals surface area contributed by atoms with Crippen molar-refractivity contribution in [2.45, 2.75) is 44.2 Å². The van der Waals surface area contributed by atoms with Gasteiger partial charge in [0.2, 0.25) is 10.0 Å². The molecule has 1 aliphatic rings. The van der Waals surface area contributed by atoms with Crippen LogP contribution < -0.4 is 0 Å². The SMILES string of the molecule is C[C@H]1CN(S(=O)(=O)c2cnn(C)c2)CCN1C(C)(C)C. The van der Waals surface area contributed by atoms with Crippen LogP contribution in [-0.2, 0) is 17.1 Å². The summed E-state index contributed by atoms with van der Waals surface area (Å²) in [6.07, 6.45) is 2.96. The fourth-order valence-electron chi connectivity index (χ4n) is 2.82. The van der Waals surface area contributed by atoms with Crippen molar-refractivity contribution < 1.29 is 8.42 Å². The van der Waals surface area contributed by atoms with E-state index in [9.17, 15) is 8.42 Å². The van der Waals surface area contributed by atoms with Gasteiger partial charge in [-0.1, -0.05) is 0 Å². The number of rotatable bonds is 2. The molecule has 114 valence electrons. The standard InChI is InChI=1S/C13H24N4O2S/c1-11-9-16(6-7-17(11)13(2,3)4)20(18,19)12-8-14-15(5)10-12/h8,10-11H,6-7,9H2,1-5H3/t11-/m0/s1. The fraction of sp³-hybridized carbons (Fsp3) is 0.769. The average Bonchev–Trinajstić information content (AvgIpc) is 2.74. The van der Waals surface area contributed by atoms with Crippen LogP contribution in [0.4, 0.5) is 0 Å². The van der Waals surface area contributed by atoms with Gasteiger partial charge in [-0.15, -0.1) is 0 Å². The summed E-state index contributed by atoms with van der Waals surface area (Å²) in [6.45, 7) is 10.4. The molecule has 0 radical (unpaired) electrons. The van der Waals surface area contributed by atoms with Crippen LogP contribution in [0.3, 0.4) is 0 Å². The number of aryl methyl sites for hydroxylation is 1. The van der Waals surface area contributed by atoms with Crippen molar-refractivity contribution in [2.75, 3.05) is 19.6 Å². The first kappa shape index (κ1) is 15.5. The van der Waals surface area contributed by atoms with Gasteiger partial charge >= 0.3 is 0 Å². The third-order valence-corrected chi connectivity index (χ3v) is 5.59. The van der Waals surface area contributed by atoms with Crippen molar-refractivity contribution in [3.05, 3.63) is 12.4 Å². The molecular weight excluding hydrogens is 276 g/mol. The molecule has 0 spiro atoms. The highest BCUT2D eigenvalue weighted by atomic mass is 32.2. The monoisotopic (exact) mass is 300 g/mol. The average molecular weight is 300 g/mol. The van der Waals surface area contributed by atoms with Gasteiger partial charge in [-0.2, -0.15) is 9.40 Å². The number of piperazine rings is 1. The molecule has 2 rings (SSSR count). The molecule has 0 bridgehead atoms. The van der Waals surface area contributed by atoms with E-state index in [2.05, 4.69) is 37.7 Å². The Morgan fingerprint density at radius 2 is 1.95 bits per heavy atom. The number of nitrogens with zero attached hydrogens (tertiary/aromatic N) is 4. The van der Waals surface area contributed by atoms with Crippen LogP contribution in [0.25, 0.3) is 0 Å². The van der Waals surface area contributed by atoms with E-state index in [0.717, 1.165) is 6.54 Å². The molecule has 20 heavy (non-hydrogen) atoms. The summed E-state index contributed by atoms with van der Waals surface area (Å²) in [5.41, 5.74) is 0.0591. The van der Waals surface area contributed by atoms with Gasteiger partial charge in [0.15, 0.2) is 0 Å². The molecule has 0 saturated carbocycles. The third kappa shape index (κ3) is 2.89. The lowest BCUT2D eigenvalue weighted by Crippen LogP contribution is -2.59. The van der Waals surface area contributed by atoms with Gasteiger partial charge in [0.1, 0.15) is 4.90 Å². The topological polar surface area (TPSA) is 58.4 Å². The number of aromatic nitrogens is 2. The normalized spacial score (nSPS) is 23.1. The van der Waals surface area contributed by atoms with E-state index in [1.165, 1.54) is 10.9 Å². The Balaban J connectivity index is 2.17. The molecule has 1 fully saturated rings. The zero-order valence-electron chi connectivity index (χ0n) is 12.9. The Hall–Kier alpha value is -0.920. The maximum atomic E-state index is 12.6. The van der Waals surface area contributed by atoms with Crippen LogP contribution in [0.15, 0.2) is 17.3 Å². The Morgan fingerprint density at radius 3 is 2.40 bits per heavy atom. The zero-order valence-corrected chi connectivity index (χ0v) is 13.7. The van der Waals surface area contributed by atoms with Crippen molar-refractivity contribution >= 4 is 10.0 Å². The van der Waals surface area contributed by atoms with Gasteiger partial charge in [-0.05, 0) is 27.7 Å². The maximum absolute atomic E-state index is 12.6. The molecule has 7 heteroatoms. The Kier molecular flexibility index (Phi) is 3.96. The predicted molar refractivity (Wildman–Crippen MR) is 77.9 cm³/mol. The molecule has 0 aromatic carbocycles. The van der Waals surface area contributed by atoms with E-state index in [-0.39, 0.29) is 16.5 Å². The summed E-state index contributed by atoms with van der Waals surface area (Å²) in [5, 5.41) is 3.95. The Bertz CT molecular complexity index is 573. The van der Waals surface area contributed by atoms with Crippen molar-refractivity contribution in [1.82, 2.24) is 19.0 Å². The van der Waals surface area contributed by atoms with Crippen molar-refractivity contribution in [3.8, 4) is 0 Å². The van der Waals surface area contributed by atoms with Gasteiger partial charge in [-0.3, -0.25) is 9.58 Å². The minimum atomic E-state index is -3.42. The fourth-order valence-corrected chi connectivity index (χ4v) is 4.32. The quantitative estimate of drug-likeness (QED) is 0.815. The van der Waals surface area contributed by atoms with Gasteiger partial charge in [0.25, 0.3) is 0 Å². The summed E-state index contributed by atoms with van der Waals surface area (Å²) in [5.74, 6) is 0. The van der Waals surface area contributed by atoms with Crippen molar-refractivity contribution in [1.29, 1.82) is 0 Å². The van der Waals surface area contributed by atoms with E-state index < -0.39 is 10.0 Å². The van der Waals surface area contributed by atoms with Crippen LogP contribution in [-0.4, -0.2) is 58.6 Å². The highest BCUT2D eigenvalue weighted by Crippen LogP contribution is 2.24. The van der Waals surface area contributed by atoms with Gasteiger partial charge < -0.3 is 0 Å². The second-order valence-electron chi connectivity index (χ2n) is 6.43. The Labute approximate surface area is 121 Å². The van der Waals surface area contributed by atoms with Crippen LogP contribution in [0.2, 0.25) is 0 Å². The molecule has 6 nitrogen and oxygen atoms in total. The molecule has 0 unspecified atom stereocenters. The third-order valence-electron chi connectivity index (χ3n) is 3.77. The lowest BCUT2D eigenvalue weighted by molar-refractivity contribution is 0.0445. The maximum Gasteiger partial charge on any atom is 0.246 e. The van der Waals surface area contributed by atoms with Crippen molar-refractivity contribution in [2.24, 2.45) is 7.05 Å². The molecule has 1 atom stereocenters. The number of sulfonamides is 1. The molecule has 0 amide bonds. The molecule has 1 aliphatic heterocycles. The first-order chi connectivity index (χ1) is 9.12. The highest BCUT2D eigenvalue weighted by molar-refractivity contribution is 7.89. The molecule has 1 aromatic heterocycles. The number of hydrogen-bond acceptors (Lipinski definition) is 4. The molecule has 1 aromatic rings. The predicted octanol–water partition coefficient (Wildman–Crippen LogP) is 0.913. The lowest BCUT2D eigenvalue weighted by Gasteiger charge is -2.46. The molecule has 2 heterocycles. The molecule has 0 N–H and O–H groups in total. The molecule has 1 saturated heterocycles. The van der Waals surface area contributed by atoms with Gasteiger partial charge in [0, 0.05) is 44.5 Å². The minimum absolute atomic E-state index is 0.0591. The van der Waals surface area contributed by atoms with Crippen molar-refractivity contribution in [3.63, 3.8) is 0 Å². The molecule has 0 aliphatic carbocycles. The first-order valence-electron chi connectivity index (χ1n) is 6.88. The van der Waals surface area contributed by atoms with E-state index in [1.54, 1.807) is 17.5 Å². The second kappa shape index (κ2) is 5.13. The first-order valence-corrected chi connectivity index (χ1v) is 8.32. The summed E-state index contributed by atoms with van der Waals surface area (Å²) < 4.78 is 28.2. The number of hydrogen-bond donors (Lipinski definition) is 0. The van der Waals surface area contributed by atoms with Crippen LogP contribution in [0, 0.1) is 0 Å². The summed E-state index contributed by atoms with van der Waals surface area (Å²) >= 11 is 0. The van der Waals surface area contributed by atoms with E-state index in [4.69, 9.17) is 0 Å². The van der Waals surface area contributed by atoms with Gasteiger partial charge in [0.05, 0.1) is 6.20 Å². The van der Waals surface area contributed by atoms with Gasteiger partial charge in [-0.25, -0.2) is 8.42 Å². The summed E-state index contributed by atoms with van der Waals surface area (Å²) in [4.78, 5) is 2.62. The molecular formula is C13H24N4O2S. The second-order valence-corrected chi connectivity index (χ2v) is 8.36. The van der Waals surface area contributed by atoms with E-state index in [0.29, 0.717) is 13.1 Å². The van der Waals surface area contributed by atoms with Crippen LogP contribution in [0.5, 0.6) is 0 Å². The van der Waals surface area contributed by atoms with Crippen LogP contribution in [0.1, 0.15) is 27.7 Å². The summed E-state index contributed by atoms with van der Waals surface area (Å²) in [6, 6.07) is 0.204. The Morgan fingerprint density at radius 1 is 1.30 bits per heavy atom. The largest absolute Gasteiger partial charge is 0.293 e. The summed E-state index contributed by atoms with van der Waals surface area (Å²) in [7, 11) is -1.70. The minimum Gasteiger partial charge on any atom is -0.293 e. The smallest absolute Gasteiger partial charge is 0.246 e. The van der Waals surface area contributed by atoms with E-state index in [1.807, 2.05) is 0 Å². The lowest BCUT2D eigenvalue weighted by atomic mass is 10.0. The van der Waals surface area contributed by atoms with E-state index >= 15 is 0 Å². The highest BCUT2D eigenvalue weighted by Gasteiger charge is 2.36.